The Morgan fingerprint density at radius 2 is 1.20 bits per heavy atom. The Bertz CT molecular complexity index is 1430. The van der Waals surface area contributed by atoms with Crippen LogP contribution in [-0.4, -0.2) is 58.2 Å². The van der Waals surface area contributed by atoms with Crippen LogP contribution >= 0.6 is 0 Å². The van der Waals surface area contributed by atoms with E-state index in [-0.39, 0.29) is 5.97 Å². The summed E-state index contributed by atoms with van der Waals surface area (Å²) >= 11 is 0. The summed E-state index contributed by atoms with van der Waals surface area (Å²) in [6.07, 6.45) is 11.3. The topological polar surface area (TPSA) is 124 Å². The molecule has 0 fully saturated rings. The van der Waals surface area contributed by atoms with Gasteiger partial charge in [0.15, 0.2) is 0 Å². The Hall–Kier alpha value is -5.38. The van der Waals surface area contributed by atoms with Crippen molar-refractivity contribution in [2.45, 2.75) is 65.2 Å². The van der Waals surface area contributed by atoms with Crippen LogP contribution in [0.25, 0.3) is 0 Å². The normalized spacial score (nSPS) is 9.71. The summed E-state index contributed by atoms with van der Waals surface area (Å²) in [5.41, 5.74) is 2.00. The fourth-order valence-electron chi connectivity index (χ4n) is 4.27. The maximum absolute atomic E-state index is 12.3. The van der Waals surface area contributed by atoms with Crippen LogP contribution in [0.1, 0.15) is 84.6 Å². The van der Waals surface area contributed by atoms with Gasteiger partial charge in [-0.25, -0.2) is 9.59 Å². The Balaban J connectivity index is 0.000000497. The Kier molecular flexibility index (Phi) is 24.4. The molecule has 0 aliphatic carbocycles. The first-order valence-electron chi connectivity index (χ1n) is 17.0. The van der Waals surface area contributed by atoms with Crippen molar-refractivity contribution >= 4 is 24.7 Å². The number of ether oxygens (including phenoxy) is 6. The number of benzene rings is 3. The second kappa shape index (κ2) is 28.5. The summed E-state index contributed by atoms with van der Waals surface area (Å²) in [5.74, 6) is 1.91. The highest BCUT2D eigenvalue weighted by Crippen LogP contribution is 2.24. The zero-order valence-corrected chi connectivity index (χ0v) is 30.1. The molecular weight excluding hydrogens is 652 g/mol. The molecule has 0 saturated heterocycles. The minimum atomic E-state index is -0.423. The summed E-state index contributed by atoms with van der Waals surface area (Å²) in [7, 11) is 1.60. The van der Waals surface area contributed by atoms with Crippen LogP contribution in [0.15, 0.2) is 92.0 Å². The lowest BCUT2D eigenvalue weighted by atomic mass is 10.2. The number of aldehydes is 1. The third-order valence-electron chi connectivity index (χ3n) is 6.89. The first-order valence-corrected chi connectivity index (χ1v) is 17.0. The number of hydrogen-bond acceptors (Lipinski definition) is 10. The van der Waals surface area contributed by atoms with E-state index < -0.39 is 5.97 Å². The molecule has 10 heteroatoms. The molecule has 0 saturated carbocycles. The number of methoxy groups -OCH3 is 1. The zero-order chi connectivity index (χ0) is 37.5. The fraction of sp³-hybridized carbons (Fsp3) is 0.366. The molecule has 3 aromatic carbocycles. The lowest BCUT2D eigenvalue weighted by molar-refractivity contribution is -0.137. The third kappa shape index (κ3) is 20.7. The van der Waals surface area contributed by atoms with Crippen LogP contribution in [0, 0.1) is 6.92 Å². The third-order valence-corrected chi connectivity index (χ3v) is 6.89. The minimum Gasteiger partial charge on any atom is -0.496 e. The summed E-state index contributed by atoms with van der Waals surface area (Å²) in [5, 5.41) is 0. The van der Waals surface area contributed by atoms with Crippen LogP contribution in [-0.2, 0) is 19.1 Å². The highest BCUT2D eigenvalue weighted by atomic mass is 16.5. The quantitative estimate of drug-likeness (QED) is 0.0251. The molecule has 51 heavy (non-hydrogen) atoms. The van der Waals surface area contributed by atoms with Gasteiger partial charge in [-0.05, 0) is 138 Å². The second-order valence-electron chi connectivity index (χ2n) is 11.0. The molecule has 10 nitrogen and oxygen atoms in total. The van der Waals surface area contributed by atoms with E-state index >= 15 is 0 Å². The highest BCUT2D eigenvalue weighted by Gasteiger charge is 2.10. The van der Waals surface area contributed by atoms with E-state index in [1.165, 1.54) is 6.08 Å². The van der Waals surface area contributed by atoms with E-state index in [2.05, 4.69) is 17.9 Å². The van der Waals surface area contributed by atoms with E-state index in [9.17, 15) is 19.2 Å². The lowest BCUT2D eigenvalue weighted by Gasteiger charge is -2.09. The molecule has 276 valence electrons. The fourth-order valence-corrected chi connectivity index (χ4v) is 4.27. The van der Waals surface area contributed by atoms with Crippen LogP contribution in [0.4, 0.5) is 0 Å². The molecule has 0 aliphatic heterocycles. The van der Waals surface area contributed by atoms with Gasteiger partial charge >= 0.3 is 11.9 Å². The highest BCUT2D eigenvalue weighted by molar-refractivity contribution is 5.91. The Morgan fingerprint density at radius 3 is 1.69 bits per heavy atom. The molecule has 0 heterocycles. The van der Waals surface area contributed by atoms with Gasteiger partial charge in [-0.2, -0.15) is 0 Å². The largest absolute Gasteiger partial charge is 0.496 e. The number of aryl methyl sites for hydroxylation is 1. The molecular formula is C41H52O10. The van der Waals surface area contributed by atoms with Crippen molar-refractivity contribution < 1.29 is 47.6 Å². The molecule has 0 bridgehead atoms. The Labute approximate surface area is 302 Å². The van der Waals surface area contributed by atoms with Crippen molar-refractivity contribution in [1.82, 2.24) is 0 Å². The lowest BCUT2D eigenvalue weighted by Crippen LogP contribution is -2.08. The number of carbonyl (C=O) groups excluding carboxylic acids is 4. The molecule has 0 radical (unpaired) electrons. The van der Waals surface area contributed by atoms with E-state index in [4.69, 9.17) is 23.7 Å². The molecule has 0 aliphatic rings. The molecule has 0 N–H and O–H groups in total. The summed E-state index contributed by atoms with van der Waals surface area (Å²) in [6.45, 7) is 13.1. The molecule has 3 rings (SSSR count). The van der Waals surface area contributed by atoms with Gasteiger partial charge in [0.05, 0.1) is 39.1 Å². The first kappa shape index (κ1) is 43.6. The van der Waals surface area contributed by atoms with Crippen molar-refractivity contribution in [2.75, 3.05) is 33.5 Å². The van der Waals surface area contributed by atoms with Crippen molar-refractivity contribution in [3.8, 4) is 23.0 Å². The molecule has 0 amide bonds. The average molecular weight is 705 g/mol. The van der Waals surface area contributed by atoms with Gasteiger partial charge < -0.3 is 28.4 Å². The molecule has 0 unspecified atom stereocenters. The molecule has 3 aromatic rings. The van der Waals surface area contributed by atoms with Crippen LogP contribution in [0.3, 0.4) is 0 Å². The van der Waals surface area contributed by atoms with E-state index in [0.717, 1.165) is 74.7 Å². The SMILES string of the molecule is C=CC.C=CC(=O)OCCCCCCOc1ccc(C=O)cc1.COc1ccc(OC(=O)c2ccc(OCCCCCCOC=O)cc2)cc1C. The predicted molar refractivity (Wildman–Crippen MR) is 198 cm³/mol. The van der Waals surface area contributed by atoms with Crippen molar-refractivity contribution in [1.29, 1.82) is 0 Å². The number of rotatable bonds is 22. The maximum Gasteiger partial charge on any atom is 0.343 e. The Morgan fingerprint density at radius 1 is 0.686 bits per heavy atom. The number of carbonyl (C=O) groups is 4. The molecule has 0 aromatic heterocycles. The van der Waals surface area contributed by atoms with Gasteiger partial charge in [-0.1, -0.05) is 12.7 Å². The van der Waals surface area contributed by atoms with Crippen LogP contribution in [0.2, 0.25) is 0 Å². The van der Waals surface area contributed by atoms with Gasteiger partial charge in [0, 0.05) is 11.6 Å². The monoisotopic (exact) mass is 704 g/mol. The van der Waals surface area contributed by atoms with Gasteiger partial charge in [0.25, 0.3) is 6.47 Å². The van der Waals surface area contributed by atoms with E-state index in [1.807, 2.05) is 13.8 Å². The van der Waals surface area contributed by atoms with E-state index in [0.29, 0.717) is 55.5 Å². The molecule has 0 atom stereocenters. The number of allylic oxidation sites excluding steroid dienone is 1. The zero-order valence-electron chi connectivity index (χ0n) is 30.1. The standard InChI is InChI=1S/C22H26O6.C16H20O4.C3H6/c1-17-15-20(11-12-21(17)25-2)28-22(24)18-7-9-19(10-8-18)27-14-6-4-3-5-13-26-16-23;1-2-16(18)20-12-6-4-3-5-11-19-15-9-7-14(13-17)8-10-15;1-3-2/h7-12,15-16H,3-6,13-14H2,1-2H3;2,7-10,13H,1,3-6,11-12H2;3H,1H2,2H3. The van der Waals surface area contributed by atoms with Crippen molar-refractivity contribution in [3.05, 3.63) is 109 Å². The van der Waals surface area contributed by atoms with Gasteiger partial charge in [0.1, 0.15) is 29.3 Å². The first-order chi connectivity index (χ1) is 24.8. The average Bonchev–Trinajstić information content (AvgIpc) is 3.15. The van der Waals surface area contributed by atoms with Gasteiger partial charge in [-0.3, -0.25) is 9.59 Å². The van der Waals surface area contributed by atoms with E-state index in [1.54, 1.807) is 79.9 Å². The van der Waals surface area contributed by atoms with Gasteiger partial charge in [-0.15, -0.1) is 6.58 Å². The summed E-state index contributed by atoms with van der Waals surface area (Å²) < 4.78 is 31.3. The maximum atomic E-state index is 12.3. The number of esters is 2. The summed E-state index contributed by atoms with van der Waals surface area (Å²) in [6, 6.07) is 19.2. The van der Waals surface area contributed by atoms with Gasteiger partial charge in [0.2, 0.25) is 0 Å². The number of hydrogen-bond donors (Lipinski definition) is 0. The van der Waals surface area contributed by atoms with Crippen LogP contribution in [0.5, 0.6) is 23.0 Å². The minimum absolute atomic E-state index is 0.368. The summed E-state index contributed by atoms with van der Waals surface area (Å²) in [4.78, 5) is 43.5. The second-order valence-corrected chi connectivity index (χ2v) is 11.0. The smallest absolute Gasteiger partial charge is 0.343 e. The molecule has 0 spiro atoms. The van der Waals surface area contributed by atoms with Crippen molar-refractivity contribution in [3.63, 3.8) is 0 Å². The number of unbranched alkanes of at least 4 members (excludes halogenated alkanes) is 6. The van der Waals surface area contributed by atoms with Crippen molar-refractivity contribution in [2.24, 2.45) is 0 Å². The predicted octanol–water partition coefficient (Wildman–Crippen LogP) is 8.69. The van der Waals surface area contributed by atoms with Crippen LogP contribution < -0.4 is 18.9 Å².